The molecule has 0 bridgehead atoms. The van der Waals surface area contributed by atoms with Gasteiger partial charge in [-0.1, -0.05) is 0 Å². The molecular weight excluding hydrogens is 246 g/mol. The summed E-state index contributed by atoms with van der Waals surface area (Å²) in [6.07, 6.45) is 1.75. The van der Waals surface area contributed by atoms with Crippen molar-refractivity contribution in [3.05, 3.63) is 0 Å². The predicted octanol–water partition coefficient (Wildman–Crippen LogP) is -0.795. The molecule has 0 aromatic carbocycles. The van der Waals surface area contributed by atoms with Gasteiger partial charge in [0.05, 0.1) is 25.0 Å². The van der Waals surface area contributed by atoms with Crippen molar-refractivity contribution in [3.8, 4) is 0 Å². The predicted molar refractivity (Wildman–Crippen MR) is 70.5 cm³/mol. The van der Waals surface area contributed by atoms with Crippen molar-refractivity contribution in [2.45, 2.75) is 18.9 Å². The lowest BCUT2D eigenvalue weighted by Gasteiger charge is -2.34. The van der Waals surface area contributed by atoms with Crippen LogP contribution in [0.4, 0.5) is 0 Å². The number of amides is 2. The van der Waals surface area contributed by atoms with Crippen LogP contribution in [0.1, 0.15) is 12.8 Å². The Hall–Kier alpha value is -1.14. The minimum atomic E-state index is -0.117. The van der Waals surface area contributed by atoms with E-state index >= 15 is 0 Å². The molecule has 3 unspecified atom stereocenters. The number of ether oxygens (including phenoxy) is 1. The van der Waals surface area contributed by atoms with E-state index in [0.29, 0.717) is 19.8 Å². The average molecular weight is 269 g/mol. The summed E-state index contributed by atoms with van der Waals surface area (Å²) in [5.41, 5.74) is 0. The topological polar surface area (TPSA) is 70.7 Å². The third kappa shape index (κ3) is 3.06. The number of carbonyl (C=O) groups excluding carboxylic acids is 2. The van der Waals surface area contributed by atoms with Crippen LogP contribution in [0.5, 0.6) is 0 Å². The Morgan fingerprint density at radius 2 is 2.05 bits per heavy atom. The summed E-state index contributed by atoms with van der Waals surface area (Å²) in [7, 11) is 3.49. The fourth-order valence-corrected chi connectivity index (χ4v) is 2.91. The third-order valence-electron chi connectivity index (χ3n) is 4.12. The maximum absolute atomic E-state index is 12.5. The van der Waals surface area contributed by atoms with E-state index in [0.717, 1.165) is 19.4 Å². The highest BCUT2D eigenvalue weighted by molar-refractivity contribution is 5.82. The summed E-state index contributed by atoms with van der Waals surface area (Å²) in [6.45, 7) is 2.34. The van der Waals surface area contributed by atoms with Gasteiger partial charge in [-0.2, -0.15) is 0 Å². The van der Waals surface area contributed by atoms with Crippen LogP contribution in [0.3, 0.4) is 0 Å². The van der Waals surface area contributed by atoms with Crippen LogP contribution in [-0.4, -0.2) is 63.2 Å². The van der Waals surface area contributed by atoms with Gasteiger partial charge in [-0.25, -0.2) is 0 Å². The fourth-order valence-electron chi connectivity index (χ4n) is 2.91. The van der Waals surface area contributed by atoms with E-state index in [-0.39, 0.29) is 29.7 Å². The lowest BCUT2D eigenvalue weighted by Crippen LogP contribution is -2.50. The minimum Gasteiger partial charge on any atom is -0.379 e. The van der Waals surface area contributed by atoms with E-state index in [4.69, 9.17) is 4.74 Å². The van der Waals surface area contributed by atoms with Gasteiger partial charge in [-0.05, 0) is 19.9 Å². The zero-order valence-corrected chi connectivity index (χ0v) is 11.6. The fraction of sp³-hybridized carbons (Fsp3) is 0.846. The maximum Gasteiger partial charge on any atom is 0.229 e. The Labute approximate surface area is 113 Å². The van der Waals surface area contributed by atoms with Crippen molar-refractivity contribution in [1.29, 1.82) is 0 Å². The zero-order chi connectivity index (χ0) is 13.8. The van der Waals surface area contributed by atoms with Gasteiger partial charge in [0.2, 0.25) is 11.8 Å². The maximum atomic E-state index is 12.5. The smallest absolute Gasteiger partial charge is 0.229 e. The van der Waals surface area contributed by atoms with Crippen molar-refractivity contribution in [3.63, 3.8) is 0 Å². The van der Waals surface area contributed by atoms with Crippen molar-refractivity contribution in [2.75, 3.05) is 40.4 Å². The van der Waals surface area contributed by atoms with Crippen LogP contribution >= 0.6 is 0 Å². The molecule has 3 atom stereocenters. The van der Waals surface area contributed by atoms with E-state index in [1.54, 1.807) is 7.05 Å². The van der Waals surface area contributed by atoms with Crippen LogP contribution in [-0.2, 0) is 14.3 Å². The number of rotatable bonds is 3. The third-order valence-corrected chi connectivity index (χ3v) is 4.12. The molecule has 2 saturated heterocycles. The molecule has 0 radical (unpaired) electrons. The molecule has 6 heteroatoms. The number of hydrogen-bond acceptors (Lipinski definition) is 4. The van der Waals surface area contributed by atoms with E-state index < -0.39 is 0 Å². The highest BCUT2D eigenvalue weighted by atomic mass is 16.5. The van der Waals surface area contributed by atoms with Gasteiger partial charge < -0.3 is 20.3 Å². The van der Waals surface area contributed by atoms with Crippen LogP contribution in [0.15, 0.2) is 0 Å². The van der Waals surface area contributed by atoms with E-state index in [2.05, 4.69) is 10.6 Å². The van der Waals surface area contributed by atoms with Crippen LogP contribution in [0.25, 0.3) is 0 Å². The molecule has 0 aromatic heterocycles. The first-order valence-electron chi connectivity index (χ1n) is 6.92. The highest BCUT2D eigenvalue weighted by Crippen LogP contribution is 2.22. The molecule has 0 saturated carbocycles. The number of carbonyl (C=O) groups is 2. The molecule has 2 amide bonds. The molecule has 6 nitrogen and oxygen atoms in total. The average Bonchev–Trinajstić information content (AvgIpc) is 2.94. The highest BCUT2D eigenvalue weighted by Gasteiger charge is 2.37. The Kier molecular flexibility index (Phi) is 4.76. The van der Waals surface area contributed by atoms with E-state index in [9.17, 15) is 9.59 Å². The molecule has 0 aliphatic carbocycles. The molecule has 108 valence electrons. The van der Waals surface area contributed by atoms with Crippen LogP contribution < -0.4 is 10.6 Å². The summed E-state index contributed by atoms with van der Waals surface area (Å²) in [5.74, 6) is -0.0395. The van der Waals surface area contributed by atoms with Gasteiger partial charge in [-0.15, -0.1) is 0 Å². The number of likely N-dealkylation sites (tertiary alicyclic amines) is 1. The molecule has 2 aliphatic rings. The van der Waals surface area contributed by atoms with Crippen molar-refractivity contribution in [1.82, 2.24) is 15.5 Å². The molecule has 2 fully saturated rings. The van der Waals surface area contributed by atoms with Crippen molar-refractivity contribution in [2.24, 2.45) is 11.8 Å². The summed E-state index contributed by atoms with van der Waals surface area (Å²) >= 11 is 0. The standard InChI is InChI=1S/C13H23N3O3/c1-14-11-8-19-7-10(11)13(18)16-5-3-4-9(6-16)12(17)15-2/h9-11,14H,3-8H2,1-2H3,(H,15,17). The normalized spacial score (nSPS) is 31.3. The lowest BCUT2D eigenvalue weighted by atomic mass is 9.94. The SMILES string of the molecule is CNC(=O)C1CCCN(C(=O)C2COCC2NC)C1. The molecule has 2 N–H and O–H groups in total. The number of nitrogens with zero attached hydrogens (tertiary/aromatic N) is 1. The Morgan fingerprint density at radius 3 is 2.74 bits per heavy atom. The molecular formula is C13H23N3O3. The van der Waals surface area contributed by atoms with Crippen LogP contribution in [0, 0.1) is 11.8 Å². The minimum absolute atomic E-state index is 0.0327. The van der Waals surface area contributed by atoms with E-state index in [1.165, 1.54) is 0 Å². The van der Waals surface area contributed by atoms with Crippen LogP contribution in [0.2, 0.25) is 0 Å². The van der Waals surface area contributed by atoms with Gasteiger partial charge in [0, 0.05) is 26.2 Å². The van der Waals surface area contributed by atoms with E-state index in [1.807, 2.05) is 11.9 Å². The van der Waals surface area contributed by atoms with Gasteiger partial charge in [0.25, 0.3) is 0 Å². The van der Waals surface area contributed by atoms with Gasteiger partial charge in [0.1, 0.15) is 0 Å². The number of nitrogens with one attached hydrogen (secondary N) is 2. The number of hydrogen-bond donors (Lipinski definition) is 2. The van der Waals surface area contributed by atoms with Gasteiger partial charge >= 0.3 is 0 Å². The molecule has 2 aliphatic heterocycles. The molecule has 2 rings (SSSR count). The first-order valence-corrected chi connectivity index (χ1v) is 6.92. The summed E-state index contributed by atoms with van der Waals surface area (Å²) in [5, 5.41) is 5.80. The Bertz CT molecular complexity index is 348. The number of likely N-dealkylation sites (N-methyl/N-ethyl adjacent to an activating group) is 1. The molecule has 2 heterocycles. The second-order valence-electron chi connectivity index (χ2n) is 5.28. The van der Waals surface area contributed by atoms with Gasteiger partial charge in [-0.3, -0.25) is 9.59 Å². The quantitative estimate of drug-likeness (QED) is 0.704. The molecule has 0 aromatic rings. The first kappa shape index (κ1) is 14.3. The zero-order valence-electron chi connectivity index (χ0n) is 11.6. The van der Waals surface area contributed by atoms with Gasteiger partial charge in [0.15, 0.2) is 0 Å². The second-order valence-corrected chi connectivity index (χ2v) is 5.28. The largest absolute Gasteiger partial charge is 0.379 e. The summed E-state index contributed by atoms with van der Waals surface area (Å²) in [4.78, 5) is 26.0. The summed E-state index contributed by atoms with van der Waals surface area (Å²) < 4.78 is 5.38. The molecule has 0 spiro atoms. The second kappa shape index (κ2) is 6.34. The Morgan fingerprint density at radius 1 is 1.26 bits per heavy atom. The lowest BCUT2D eigenvalue weighted by molar-refractivity contribution is -0.139. The monoisotopic (exact) mass is 269 g/mol. The summed E-state index contributed by atoms with van der Waals surface area (Å²) in [6, 6.07) is 0.0906. The molecule has 19 heavy (non-hydrogen) atoms. The van der Waals surface area contributed by atoms with Crippen molar-refractivity contribution >= 4 is 11.8 Å². The Balaban J connectivity index is 1.97. The number of piperidine rings is 1. The van der Waals surface area contributed by atoms with Crippen molar-refractivity contribution < 1.29 is 14.3 Å². The first-order chi connectivity index (χ1) is 9.17.